The summed E-state index contributed by atoms with van der Waals surface area (Å²) in [5.41, 5.74) is 0.211. The number of hydrogen-bond acceptors (Lipinski definition) is 1. The zero-order chi connectivity index (χ0) is 14.0. The van der Waals surface area contributed by atoms with E-state index in [0.29, 0.717) is 16.6 Å². The summed E-state index contributed by atoms with van der Waals surface area (Å²) in [7, 11) is 0. The Morgan fingerprint density at radius 3 is 2.79 bits per heavy atom. The van der Waals surface area contributed by atoms with Crippen LogP contribution in [0.15, 0.2) is 22.7 Å². The van der Waals surface area contributed by atoms with Crippen LogP contribution in [0.2, 0.25) is 0 Å². The number of piperidine rings is 1. The quantitative estimate of drug-likeness (QED) is 0.786. The van der Waals surface area contributed by atoms with Gasteiger partial charge in [-0.15, -0.1) is 0 Å². The van der Waals surface area contributed by atoms with Gasteiger partial charge in [0.15, 0.2) is 0 Å². The van der Waals surface area contributed by atoms with E-state index in [9.17, 15) is 13.6 Å². The topological polar surface area (TPSA) is 20.3 Å². The molecule has 104 valence electrons. The number of halogens is 3. The molecule has 1 amide bonds. The molecule has 0 saturated carbocycles. The first-order chi connectivity index (χ1) is 9.00. The smallest absolute Gasteiger partial charge is 0.264 e. The van der Waals surface area contributed by atoms with Gasteiger partial charge in [-0.1, -0.05) is 15.9 Å². The van der Waals surface area contributed by atoms with Crippen molar-refractivity contribution in [3.63, 3.8) is 0 Å². The van der Waals surface area contributed by atoms with E-state index in [1.807, 2.05) is 6.92 Å². The van der Waals surface area contributed by atoms with Gasteiger partial charge in [-0.05, 0) is 44.4 Å². The molecule has 5 heteroatoms. The molecular formula is C14H16BrF2NO. The fourth-order valence-corrected chi connectivity index (χ4v) is 2.83. The third kappa shape index (κ3) is 3.14. The highest BCUT2D eigenvalue weighted by atomic mass is 79.9. The average Bonchev–Trinajstić information content (AvgIpc) is 2.38. The zero-order valence-electron chi connectivity index (χ0n) is 10.7. The first-order valence-corrected chi connectivity index (χ1v) is 7.18. The predicted octanol–water partition coefficient (Wildman–Crippen LogP) is 4.40. The molecule has 1 aromatic carbocycles. The van der Waals surface area contributed by atoms with Gasteiger partial charge in [-0.25, -0.2) is 8.78 Å². The molecule has 1 heterocycles. The summed E-state index contributed by atoms with van der Waals surface area (Å²) in [6, 6.07) is 4.58. The molecule has 1 aromatic rings. The molecule has 0 aliphatic carbocycles. The Hall–Kier alpha value is -0.970. The monoisotopic (exact) mass is 331 g/mol. The van der Waals surface area contributed by atoms with Gasteiger partial charge < -0.3 is 4.90 Å². The van der Waals surface area contributed by atoms with Crippen molar-refractivity contribution in [1.82, 2.24) is 4.90 Å². The van der Waals surface area contributed by atoms with Crippen LogP contribution in [0.25, 0.3) is 0 Å². The molecule has 1 unspecified atom stereocenters. The third-order valence-electron chi connectivity index (χ3n) is 3.54. The van der Waals surface area contributed by atoms with Gasteiger partial charge in [-0.3, -0.25) is 4.79 Å². The van der Waals surface area contributed by atoms with E-state index in [4.69, 9.17) is 0 Å². The minimum atomic E-state index is -2.58. The fraction of sp³-hybridized carbons (Fsp3) is 0.500. The van der Waals surface area contributed by atoms with Crippen molar-refractivity contribution in [2.24, 2.45) is 0 Å². The lowest BCUT2D eigenvalue weighted by Crippen LogP contribution is -2.42. The molecule has 0 N–H and O–H groups in total. The van der Waals surface area contributed by atoms with Gasteiger partial charge >= 0.3 is 0 Å². The molecule has 0 spiro atoms. The Kier molecular flexibility index (Phi) is 4.55. The van der Waals surface area contributed by atoms with Crippen LogP contribution in [0.4, 0.5) is 8.78 Å². The molecule has 1 aliphatic heterocycles. The number of rotatable bonds is 2. The Balaban J connectivity index is 2.26. The molecule has 1 atom stereocenters. The van der Waals surface area contributed by atoms with E-state index >= 15 is 0 Å². The Morgan fingerprint density at radius 2 is 2.16 bits per heavy atom. The van der Waals surface area contributed by atoms with E-state index in [1.54, 1.807) is 11.0 Å². The van der Waals surface area contributed by atoms with E-state index < -0.39 is 6.43 Å². The summed E-state index contributed by atoms with van der Waals surface area (Å²) < 4.78 is 26.0. The summed E-state index contributed by atoms with van der Waals surface area (Å²) >= 11 is 3.08. The van der Waals surface area contributed by atoms with Gasteiger partial charge in [0.2, 0.25) is 0 Å². The highest BCUT2D eigenvalue weighted by Gasteiger charge is 2.25. The largest absolute Gasteiger partial charge is 0.336 e. The average molecular weight is 332 g/mol. The first kappa shape index (κ1) is 14.4. The van der Waals surface area contributed by atoms with Crippen LogP contribution < -0.4 is 0 Å². The summed E-state index contributed by atoms with van der Waals surface area (Å²) in [4.78, 5) is 14.1. The van der Waals surface area contributed by atoms with Crippen LogP contribution >= 0.6 is 15.9 Å². The number of amides is 1. The van der Waals surface area contributed by atoms with Crippen LogP contribution in [0.5, 0.6) is 0 Å². The Labute approximate surface area is 119 Å². The molecule has 2 nitrogen and oxygen atoms in total. The Morgan fingerprint density at radius 1 is 1.42 bits per heavy atom. The maximum absolute atomic E-state index is 12.8. The lowest BCUT2D eigenvalue weighted by Gasteiger charge is -2.33. The van der Waals surface area contributed by atoms with Crippen molar-refractivity contribution in [3.05, 3.63) is 33.8 Å². The van der Waals surface area contributed by atoms with E-state index in [-0.39, 0.29) is 17.5 Å². The van der Waals surface area contributed by atoms with Crippen molar-refractivity contribution < 1.29 is 13.6 Å². The van der Waals surface area contributed by atoms with Crippen LogP contribution in [0.3, 0.4) is 0 Å². The number of alkyl halides is 2. The van der Waals surface area contributed by atoms with Crippen molar-refractivity contribution in [3.8, 4) is 0 Å². The second kappa shape index (κ2) is 5.99. The first-order valence-electron chi connectivity index (χ1n) is 6.39. The van der Waals surface area contributed by atoms with E-state index in [0.717, 1.165) is 19.3 Å². The molecule has 0 radical (unpaired) electrons. The Bertz CT molecular complexity index is 479. The van der Waals surface area contributed by atoms with Crippen molar-refractivity contribution >= 4 is 21.8 Å². The molecule has 0 bridgehead atoms. The number of nitrogens with zero attached hydrogens (tertiary/aromatic N) is 1. The molecule has 19 heavy (non-hydrogen) atoms. The number of likely N-dealkylation sites (tertiary alicyclic amines) is 1. The number of carbonyl (C=O) groups is 1. The number of benzene rings is 1. The van der Waals surface area contributed by atoms with Gasteiger partial charge in [0.05, 0.1) is 0 Å². The molecule has 1 saturated heterocycles. The maximum Gasteiger partial charge on any atom is 0.264 e. The van der Waals surface area contributed by atoms with Crippen LogP contribution in [0, 0.1) is 0 Å². The van der Waals surface area contributed by atoms with Crippen molar-refractivity contribution in [2.45, 2.75) is 38.7 Å². The van der Waals surface area contributed by atoms with Crippen LogP contribution in [-0.4, -0.2) is 23.4 Å². The van der Waals surface area contributed by atoms with Gasteiger partial charge in [0.1, 0.15) is 0 Å². The summed E-state index contributed by atoms with van der Waals surface area (Å²) in [5.74, 6) is -0.151. The van der Waals surface area contributed by atoms with E-state index in [2.05, 4.69) is 15.9 Å². The molecular weight excluding hydrogens is 316 g/mol. The second-order valence-corrected chi connectivity index (χ2v) is 5.73. The second-order valence-electron chi connectivity index (χ2n) is 4.88. The van der Waals surface area contributed by atoms with Crippen LogP contribution in [-0.2, 0) is 0 Å². The highest BCUT2D eigenvalue weighted by molar-refractivity contribution is 9.10. The lowest BCUT2D eigenvalue weighted by molar-refractivity contribution is 0.0635. The lowest BCUT2D eigenvalue weighted by atomic mass is 10.0. The fourth-order valence-electron chi connectivity index (χ4n) is 2.41. The van der Waals surface area contributed by atoms with Gasteiger partial charge in [0, 0.05) is 28.2 Å². The summed E-state index contributed by atoms with van der Waals surface area (Å²) in [5, 5.41) is 0. The van der Waals surface area contributed by atoms with Crippen molar-refractivity contribution in [2.75, 3.05) is 6.54 Å². The maximum atomic E-state index is 12.8. The normalized spacial score (nSPS) is 19.8. The van der Waals surface area contributed by atoms with Crippen LogP contribution in [0.1, 0.15) is 48.5 Å². The molecule has 1 fully saturated rings. The molecule has 0 aromatic heterocycles. The minimum absolute atomic E-state index is 0.129. The SMILES string of the molecule is CC1CCCCN1C(=O)c1ccc(Br)c(C(F)F)c1. The minimum Gasteiger partial charge on any atom is -0.336 e. The number of carbonyl (C=O) groups excluding carboxylic acids is 1. The third-order valence-corrected chi connectivity index (χ3v) is 4.26. The predicted molar refractivity (Wildman–Crippen MR) is 73.4 cm³/mol. The van der Waals surface area contributed by atoms with Gasteiger partial charge in [-0.2, -0.15) is 0 Å². The van der Waals surface area contributed by atoms with Crippen molar-refractivity contribution in [1.29, 1.82) is 0 Å². The highest BCUT2D eigenvalue weighted by Crippen LogP contribution is 2.29. The molecule has 1 aliphatic rings. The van der Waals surface area contributed by atoms with E-state index in [1.165, 1.54) is 12.1 Å². The molecule has 2 rings (SSSR count). The zero-order valence-corrected chi connectivity index (χ0v) is 12.3. The summed E-state index contributed by atoms with van der Waals surface area (Å²) in [6.45, 7) is 2.71. The number of hydrogen-bond donors (Lipinski definition) is 0. The standard InChI is InChI=1S/C14H16BrF2NO/c1-9-4-2-3-7-18(9)14(19)10-5-6-12(15)11(8-10)13(16)17/h5-6,8-9,13H,2-4,7H2,1H3. The summed E-state index contributed by atoms with van der Waals surface area (Å²) in [6.07, 6.45) is 0.493. The van der Waals surface area contributed by atoms with Gasteiger partial charge in [0.25, 0.3) is 12.3 Å².